The van der Waals surface area contributed by atoms with Crippen molar-refractivity contribution in [3.63, 3.8) is 0 Å². The number of amides is 1. The molecular formula is C18H19F3N4O4. The van der Waals surface area contributed by atoms with Crippen LogP contribution in [0.15, 0.2) is 24.3 Å². The summed E-state index contributed by atoms with van der Waals surface area (Å²) in [6.45, 7) is 1.54. The van der Waals surface area contributed by atoms with Crippen LogP contribution in [0.25, 0.3) is 0 Å². The molecule has 8 nitrogen and oxygen atoms in total. The number of halogens is 3. The molecule has 1 heterocycles. The highest BCUT2D eigenvalue weighted by Crippen LogP contribution is 2.42. The van der Waals surface area contributed by atoms with Gasteiger partial charge >= 0.3 is 6.18 Å². The Balaban J connectivity index is 1.75. The van der Waals surface area contributed by atoms with Gasteiger partial charge in [0.1, 0.15) is 5.75 Å². The Morgan fingerprint density at radius 1 is 1.41 bits per heavy atom. The number of anilines is 1. The molecular weight excluding hydrogens is 393 g/mol. The predicted molar refractivity (Wildman–Crippen MR) is 96.6 cm³/mol. The predicted octanol–water partition coefficient (Wildman–Crippen LogP) is 3.97. The minimum Gasteiger partial charge on any atom is -0.494 e. The van der Waals surface area contributed by atoms with Gasteiger partial charge in [-0.1, -0.05) is 6.92 Å². The third-order valence-corrected chi connectivity index (χ3v) is 4.65. The van der Waals surface area contributed by atoms with E-state index < -0.39 is 28.6 Å². The molecule has 1 aliphatic carbocycles. The number of nitrogens with one attached hydrogen (secondary N) is 1. The molecule has 156 valence electrons. The number of nitro benzene ring substituents is 1. The molecule has 29 heavy (non-hydrogen) atoms. The summed E-state index contributed by atoms with van der Waals surface area (Å²) >= 11 is 0. The smallest absolute Gasteiger partial charge is 0.435 e. The number of ether oxygens (including phenoxy) is 1. The van der Waals surface area contributed by atoms with Crippen LogP contribution in [0.2, 0.25) is 0 Å². The van der Waals surface area contributed by atoms with Gasteiger partial charge in [-0.25, -0.2) is 0 Å². The number of methoxy groups -OCH3 is 1. The maximum atomic E-state index is 13.0. The second-order valence-electron chi connectivity index (χ2n) is 6.94. The summed E-state index contributed by atoms with van der Waals surface area (Å²) in [5, 5.41) is 17.1. The molecule has 1 saturated carbocycles. The maximum Gasteiger partial charge on any atom is 0.435 e. The third-order valence-electron chi connectivity index (χ3n) is 4.65. The lowest BCUT2D eigenvalue weighted by Gasteiger charge is -2.16. The van der Waals surface area contributed by atoms with Crippen LogP contribution in [0.1, 0.15) is 37.1 Å². The summed E-state index contributed by atoms with van der Waals surface area (Å²) < 4.78 is 45.3. The van der Waals surface area contributed by atoms with E-state index in [9.17, 15) is 28.1 Å². The Morgan fingerprint density at radius 3 is 2.66 bits per heavy atom. The minimum absolute atomic E-state index is 0.0248. The van der Waals surface area contributed by atoms with Crippen molar-refractivity contribution >= 4 is 17.3 Å². The van der Waals surface area contributed by atoms with Crippen molar-refractivity contribution in [2.45, 2.75) is 38.4 Å². The summed E-state index contributed by atoms with van der Waals surface area (Å²) in [5.74, 6) is -1.03. The van der Waals surface area contributed by atoms with Gasteiger partial charge < -0.3 is 10.1 Å². The van der Waals surface area contributed by atoms with Crippen molar-refractivity contribution in [3.05, 3.63) is 45.8 Å². The van der Waals surface area contributed by atoms with Gasteiger partial charge in [0.15, 0.2) is 5.69 Å². The van der Waals surface area contributed by atoms with Gasteiger partial charge in [0, 0.05) is 17.7 Å². The number of carbonyl (C=O) groups excluding carboxylic acids is 1. The van der Waals surface area contributed by atoms with E-state index in [1.165, 1.54) is 30.0 Å². The van der Waals surface area contributed by atoms with E-state index >= 15 is 0 Å². The average molecular weight is 412 g/mol. The number of nitrogens with zero attached hydrogens (tertiary/aromatic N) is 3. The van der Waals surface area contributed by atoms with E-state index in [1.54, 1.807) is 6.92 Å². The van der Waals surface area contributed by atoms with Crippen LogP contribution in [0.5, 0.6) is 5.75 Å². The molecule has 1 atom stereocenters. The van der Waals surface area contributed by atoms with Crippen molar-refractivity contribution in [1.29, 1.82) is 0 Å². The Bertz CT molecular complexity index is 938. The second kappa shape index (κ2) is 7.72. The van der Waals surface area contributed by atoms with Crippen molar-refractivity contribution in [2.75, 3.05) is 12.4 Å². The summed E-state index contributed by atoms with van der Waals surface area (Å²) in [6.07, 6.45) is -2.96. The van der Waals surface area contributed by atoms with E-state index in [-0.39, 0.29) is 29.6 Å². The maximum absolute atomic E-state index is 13.0. The van der Waals surface area contributed by atoms with Gasteiger partial charge in [0.05, 0.1) is 36.2 Å². The van der Waals surface area contributed by atoms with E-state index in [4.69, 9.17) is 4.74 Å². The van der Waals surface area contributed by atoms with Crippen LogP contribution in [-0.4, -0.2) is 27.7 Å². The molecule has 3 rings (SSSR count). The fourth-order valence-electron chi connectivity index (χ4n) is 2.92. The Labute approximate surface area is 163 Å². The molecule has 1 aromatic heterocycles. The lowest BCUT2D eigenvalue weighted by molar-refractivity contribution is -0.384. The highest BCUT2D eigenvalue weighted by molar-refractivity contribution is 5.93. The van der Waals surface area contributed by atoms with E-state index in [0.717, 1.165) is 18.9 Å². The number of alkyl halides is 3. The first-order valence-electron chi connectivity index (χ1n) is 8.88. The molecule has 0 spiro atoms. The number of carbonyl (C=O) groups is 1. The van der Waals surface area contributed by atoms with Crippen molar-refractivity contribution in [1.82, 2.24) is 9.78 Å². The van der Waals surface area contributed by atoms with Gasteiger partial charge in [-0.2, -0.15) is 18.3 Å². The van der Waals surface area contributed by atoms with Crippen LogP contribution in [-0.2, 0) is 17.5 Å². The number of hydrogen-bond acceptors (Lipinski definition) is 5. The highest BCUT2D eigenvalue weighted by atomic mass is 19.4. The first-order valence-corrected chi connectivity index (χ1v) is 8.88. The molecule has 1 fully saturated rings. The summed E-state index contributed by atoms with van der Waals surface area (Å²) in [4.78, 5) is 22.8. The van der Waals surface area contributed by atoms with Crippen LogP contribution in [0.4, 0.5) is 24.5 Å². The fourth-order valence-corrected chi connectivity index (χ4v) is 2.92. The van der Waals surface area contributed by atoms with Gasteiger partial charge in [-0.15, -0.1) is 0 Å². The minimum atomic E-state index is -4.55. The third kappa shape index (κ3) is 4.66. The first kappa shape index (κ1) is 20.6. The van der Waals surface area contributed by atoms with Crippen LogP contribution in [0.3, 0.4) is 0 Å². The lowest BCUT2D eigenvalue weighted by atomic mass is 10.1. The van der Waals surface area contributed by atoms with E-state index in [0.29, 0.717) is 5.69 Å². The highest BCUT2D eigenvalue weighted by Gasteiger charge is 2.38. The molecule has 2 aromatic rings. The monoisotopic (exact) mass is 412 g/mol. The van der Waals surface area contributed by atoms with Crippen LogP contribution >= 0.6 is 0 Å². The lowest BCUT2D eigenvalue weighted by Crippen LogP contribution is -2.26. The zero-order valence-electron chi connectivity index (χ0n) is 15.7. The molecule has 1 unspecified atom stereocenters. The molecule has 1 N–H and O–H groups in total. The van der Waals surface area contributed by atoms with Gasteiger partial charge in [-0.05, 0) is 25.0 Å². The summed E-state index contributed by atoms with van der Waals surface area (Å²) in [5.41, 5.74) is -0.457. The largest absolute Gasteiger partial charge is 0.494 e. The molecule has 1 amide bonds. The molecule has 0 aliphatic heterocycles. The van der Waals surface area contributed by atoms with E-state index in [1.807, 2.05) is 0 Å². The summed E-state index contributed by atoms with van der Waals surface area (Å²) in [7, 11) is 1.31. The standard InChI is InChI=1S/C18H19F3N4O4/c1-10(9-24-14(11-3-4-11)8-16(23-24)18(19,20)21)17(26)22-13-6-5-12(25(27)28)7-15(13)29-2/h5-8,10-11H,3-4,9H2,1-2H3,(H,22,26). The van der Waals surface area contributed by atoms with Crippen LogP contribution in [0, 0.1) is 16.0 Å². The number of benzene rings is 1. The zero-order valence-corrected chi connectivity index (χ0v) is 15.7. The normalized spacial score (nSPS) is 15.1. The Morgan fingerprint density at radius 2 is 2.10 bits per heavy atom. The quantitative estimate of drug-likeness (QED) is 0.548. The summed E-state index contributed by atoms with van der Waals surface area (Å²) in [6, 6.07) is 4.78. The molecule has 1 aliphatic rings. The average Bonchev–Trinajstić information content (AvgIpc) is 3.40. The molecule has 0 saturated heterocycles. The van der Waals surface area contributed by atoms with E-state index in [2.05, 4.69) is 10.4 Å². The molecule has 0 radical (unpaired) electrons. The van der Waals surface area contributed by atoms with Crippen LogP contribution < -0.4 is 10.1 Å². The zero-order chi connectivity index (χ0) is 21.3. The number of hydrogen-bond donors (Lipinski definition) is 1. The Hall–Kier alpha value is -3.11. The van der Waals surface area contributed by atoms with Gasteiger partial charge in [0.2, 0.25) is 5.91 Å². The van der Waals surface area contributed by atoms with Crippen molar-refractivity contribution in [2.24, 2.45) is 5.92 Å². The topological polar surface area (TPSA) is 99.3 Å². The molecule has 11 heteroatoms. The fraction of sp³-hybridized carbons (Fsp3) is 0.444. The van der Waals surface area contributed by atoms with Crippen molar-refractivity contribution < 1.29 is 27.6 Å². The number of aromatic nitrogens is 2. The SMILES string of the molecule is COc1cc([N+](=O)[O-])ccc1NC(=O)C(C)Cn1nc(C(F)(F)F)cc1C1CC1. The molecule has 1 aromatic carbocycles. The van der Waals surface area contributed by atoms with Gasteiger partial charge in [0.25, 0.3) is 5.69 Å². The Kier molecular flexibility index (Phi) is 5.49. The first-order chi connectivity index (χ1) is 13.6. The number of rotatable bonds is 7. The second-order valence-corrected chi connectivity index (χ2v) is 6.94. The number of non-ortho nitro benzene ring substituents is 1. The molecule has 0 bridgehead atoms. The van der Waals surface area contributed by atoms with Crippen molar-refractivity contribution in [3.8, 4) is 5.75 Å². The number of nitro groups is 1. The van der Waals surface area contributed by atoms with Gasteiger partial charge in [-0.3, -0.25) is 19.6 Å².